The zero-order valence-electron chi connectivity index (χ0n) is 17.3. The quantitative estimate of drug-likeness (QED) is 0.172. The van der Waals surface area contributed by atoms with Crippen molar-refractivity contribution in [3.8, 4) is 23.8 Å². The molecule has 0 saturated carbocycles. The van der Waals surface area contributed by atoms with E-state index in [1.165, 1.54) is 30.3 Å². The number of carbonyl (C=O) groups excluding carboxylic acids is 2. The number of terminal acetylenes is 1. The van der Waals surface area contributed by atoms with Gasteiger partial charge in [0, 0.05) is 0 Å². The number of aromatic carboxylic acids is 1. The number of carboxylic acid groups (broad SMARTS) is 1. The SMILES string of the molecule is C#CCOc1c(I)cc(C=C2C(=O)NC(=S)N(c3cccc(C(=O)O)c3)C2=O)cc1OCC. The second kappa shape index (κ2) is 10.5. The number of nitrogens with one attached hydrogen (secondary N) is 1. The van der Waals surface area contributed by atoms with Crippen LogP contribution in [0.4, 0.5) is 5.69 Å². The van der Waals surface area contributed by atoms with Crippen molar-refractivity contribution in [1.29, 1.82) is 0 Å². The van der Waals surface area contributed by atoms with Gasteiger partial charge in [-0.25, -0.2) is 4.79 Å². The molecule has 1 aliphatic rings. The average molecular weight is 576 g/mol. The Morgan fingerprint density at radius 3 is 2.73 bits per heavy atom. The number of hydrogen-bond acceptors (Lipinski definition) is 6. The molecule has 10 heteroatoms. The van der Waals surface area contributed by atoms with Crippen molar-refractivity contribution in [2.24, 2.45) is 0 Å². The number of anilines is 1. The van der Waals surface area contributed by atoms with Crippen LogP contribution in [-0.4, -0.2) is 41.2 Å². The Balaban J connectivity index is 2.04. The predicted molar refractivity (Wildman–Crippen MR) is 134 cm³/mol. The number of hydrogen-bond donors (Lipinski definition) is 2. The summed E-state index contributed by atoms with van der Waals surface area (Å²) in [6.07, 6.45) is 6.68. The fourth-order valence-electron chi connectivity index (χ4n) is 3.02. The highest BCUT2D eigenvalue weighted by molar-refractivity contribution is 14.1. The number of amides is 2. The number of rotatable bonds is 7. The third kappa shape index (κ3) is 5.32. The van der Waals surface area contributed by atoms with E-state index in [0.29, 0.717) is 27.2 Å². The van der Waals surface area contributed by atoms with Crippen molar-refractivity contribution >= 4 is 69.5 Å². The first-order chi connectivity index (χ1) is 15.8. The highest BCUT2D eigenvalue weighted by Crippen LogP contribution is 2.35. The van der Waals surface area contributed by atoms with Gasteiger partial charge in [-0.3, -0.25) is 19.8 Å². The second-order valence-electron chi connectivity index (χ2n) is 6.57. The third-order valence-electron chi connectivity index (χ3n) is 4.40. The summed E-state index contributed by atoms with van der Waals surface area (Å²) in [5.74, 6) is 0.758. The largest absolute Gasteiger partial charge is 0.490 e. The van der Waals surface area contributed by atoms with Crippen molar-refractivity contribution in [2.45, 2.75) is 6.92 Å². The third-order valence-corrected chi connectivity index (χ3v) is 5.48. The molecule has 0 atom stereocenters. The molecule has 1 fully saturated rings. The van der Waals surface area contributed by atoms with Gasteiger partial charge in [-0.1, -0.05) is 12.0 Å². The van der Waals surface area contributed by atoms with Crippen molar-refractivity contribution in [3.05, 3.63) is 56.7 Å². The van der Waals surface area contributed by atoms with E-state index in [4.69, 9.17) is 28.1 Å². The van der Waals surface area contributed by atoms with Crippen LogP contribution < -0.4 is 19.7 Å². The molecule has 0 bridgehead atoms. The van der Waals surface area contributed by atoms with E-state index < -0.39 is 17.8 Å². The summed E-state index contributed by atoms with van der Waals surface area (Å²) >= 11 is 7.22. The van der Waals surface area contributed by atoms with Gasteiger partial charge in [0.05, 0.1) is 21.4 Å². The minimum Gasteiger partial charge on any atom is -0.490 e. The number of carboxylic acids is 1. The lowest BCUT2D eigenvalue weighted by Crippen LogP contribution is -2.54. The Labute approximate surface area is 208 Å². The van der Waals surface area contributed by atoms with Crippen LogP contribution in [0.15, 0.2) is 42.0 Å². The van der Waals surface area contributed by atoms with E-state index in [-0.39, 0.29) is 28.5 Å². The molecule has 0 aliphatic carbocycles. The monoisotopic (exact) mass is 576 g/mol. The summed E-state index contributed by atoms with van der Waals surface area (Å²) in [5, 5.41) is 11.6. The minimum atomic E-state index is -1.16. The lowest BCUT2D eigenvalue weighted by Gasteiger charge is -2.29. The summed E-state index contributed by atoms with van der Waals surface area (Å²) in [4.78, 5) is 38.2. The molecule has 1 heterocycles. The maximum absolute atomic E-state index is 13.2. The maximum atomic E-state index is 13.2. The van der Waals surface area contributed by atoms with E-state index in [9.17, 15) is 19.5 Å². The van der Waals surface area contributed by atoms with Gasteiger partial charge in [0.1, 0.15) is 12.2 Å². The zero-order valence-corrected chi connectivity index (χ0v) is 20.2. The first kappa shape index (κ1) is 24.2. The van der Waals surface area contributed by atoms with Crippen molar-refractivity contribution in [3.63, 3.8) is 0 Å². The molecule has 1 aliphatic heterocycles. The Morgan fingerprint density at radius 1 is 1.30 bits per heavy atom. The molecule has 0 radical (unpaired) electrons. The van der Waals surface area contributed by atoms with E-state index in [1.54, 1.807) is 12.1 Å². The molecule has 0 unspecified atom stereocenters. The maximum Gasteiger partial charge on any atom is 0.335 e. The molecule has 2 aromatic carbocycles. The van der Waals surface area contributed by atoms with Gasteiger partial charge in [0.15, 0.2) is 16.6 Å². The molecular weight excluding hydrogens is 559 g/mol. The summed E-state index contributed by atoms with van der Waals surface area (Å²) in [5.41, 5.74) is 0.531. The fraction of sp³-hybridized carbons (Fsp3) is 0.130. The van der Waals surface area contributed by atoms with E-state index in [2.05, 4.69) is 11.2 Å². The highest BCUT2D eigenvalue weighted by atomic mass is 127. The topological polar surface area (TPSA) is 105 Å². The minimum absolute atomic E-state index is 0.0241. The first-order valence-electron chi connectivity index (χ1n) is 9.54. The van der Waals surface area contributed by atoms with Crippen molar-refractivity contribution < 1.29 is 29.0 Å². The van der Waals surface area contributed by atoms with Crippen LogP contribution >= 0.6 is 34.8 Å². The Morgan fingerprint density at radius 2 is 2.06 bits per heavy atom. The van der Waals surface area contributed by atoms with Gasteiger partial charge in [-0.05, 0) is 83.7 Å². The molecular formula is C23H17IN2O6S. The van der Waals surface area contributed by atoms with Gasteiger partial charge < -0.3 is 14.6 Å². The Kier molecular flexibility index (Phi) is 7.67. The number of benzene rings is 2. The fourth-order valence-corrected chi connectivity index (χ4v) is 4.09. The van der Waals surface area contributed by atoms with Crippen LogP contribution in [0.1, 0.15) is 22.8 Å². The predicted octanol–water partition coefficient (Wildman–Crippen LogP) is 3.23. The summed E-state index contributed by atoms with van der Waals surface area (Å²) in [6.45, 7) is 2.23. The smallest absolute Gasteiger partial charge is 0.335 e. The zero-order chi connectivity index (χ0) is 24.1. The molecule has 1 saturated heterocycles. The molecule has 33 heavy (non-hydrogen) atoms. The number of nitrogens with zero attached hydrogens (tertiary/aromatic N) is 1. The summed E-state index contributed by atoms with van der Waals surface area (Å²) < 4.78 is 11.9. The summed E-state index contributed by atoms with van der Waals surface area (Å²) in [6, 6.07) is 9.05. The molecule has 168 valence electrons. The number of carbonyl (C=O) groups is 3. The standard InChI is InChI=1S/C23H17IN2O6S/c1-3-8-32-19-17(24)10-13(11-18(19)31-4-2)9-16-20(27)25-23(33)26(21(16)28)15-7-5-6-14(12-15)22(29)30/h1,5-7,9-12H,4,8H2,2H3,(H,29,30)(H,25,27,33). The lowest BCUT2D eigenvalue weighted by molar-refractivity contribution is -0.122. The average Bonchev–Trinajstić information content (AvgIpc) is 2.76. The van der Waals surface area contributed by atoms with Crippen LogP contribution in [0.2, 0.25) is 0 Å². The van der Waals surface area contributed by atoms with Gasteiger partial charge in [0.25, 0.3) is 11.8 Å². The van der Waals surface area contributed by atoms with Gasteiger partial charge in [-0.2, -0.15) is 0 Å². The van der Waals surface area contributed by atoms with Crippen LogP contribution in [-0.2, 0) is 9.59 Å². The number of ether oxygens (including phenoxy) is 2. The Bertz CT molecular complexity index is 1230. The molecule has 3 rings (SSSR count). The highest BCUT2D eigenvalue weighted by Gasteiger charge is 2.34. The van der Waals surface area contributed by atoms with Crippen LogP contribution in [0.5, 0.6) is 11.5 Å². The summed E-state index contributed by atoms with van der Waals surface area (Å²) in [7, 11) is 0. The Hall–Kier alpha value is -3.43. The lowest BCUT2D eigenvalue weighted by atomic mass is 10.1. The van der Waals surface area contributed by atoms with Crippen LogP contribution in [0.25, 0.3) is 6.08 Å². The van der Waals surface area contributed by atoms with Crippen molar-refractivity contribution in [2.75, 3.05) is 18.1 Å². The van der Waals surface area contributed by atoms with Gasteiger partial charge in [0.2, 0.25) is 0 Å². The molecule has 2 amide bonds. The van der Waals surface area contributed by atoms with Crippen LogP contribution in [0, 0.1) is 15.9 Å². The van der Waals surface area contributed by atoms with Crippen LogP contribution in [0.3, 0.4) is 0 Å². The molecule has 2 N–H and O–H groups in total. The molecule has 2 aromatic rings. The van der Waals surface area contributed by atoms with Gasteiger partial charge >= 0.3 is 5.97 Å². The molecule has 8 nitrogen and oxygen atoms in total. The van der Waals surface area contributed by atoms with Gasteiger partial charge in [-0.15, -0.1) is 6.42 Å². The van der Waals surface area contributed by atoms with E-state index in [0.717, 1.165) is 4.90 Å². The molecule has 0 aromatic heterocycles. The van der Waals surface area contributed by atoms with Crippen molar-refractivity contribution in [1.82, 2.24) is 5.32 Å². The van der Waals surface area contributed by atoms with E-state index in [1.807, 2.05) is 29.5 Å². The normalized spacial score (nSPS) is 14.6. The first-order valence-corrected chi connectivity index (χ1v) is 11.0. The molecule has 0 spiro atoms. The number of halogens is 1. The van der Waals surface area contributed by atoms with E-state index >= 15 is 0 Å². The second-order valence-corrected chi connectivity index (χ2v) is 8.12. The number of thiocarbonyl (C=S) groups is 1.